The van der Waals surface area contributed by atoms with Crippen LogP contribution in [0.2, 0.25) is 0 Å². The van der Waals surface area contributed by atoms with Gasteiger partial charge in [0, 0.05) is 12.2 Å². The molecule has 0 bridgehead atoms. The molecule has 96 valence electrons. The zero-order chi connectivity index (χ0) is 13.3. The lowest BCUT2D eigenvalue weighted by Crippen LogP contribution is -2.09. The predicted octanol–water partition coefficient (Wildman–Crippen LogP) is 2.67. The van der Waals surface area contributed by atoms with Gasteiger partial charge in [-0.2, -0.15) is 5.10 Å². The number of aryl methyl sites for hydroxylation is 2. The number of aromatic nitrogens is 3. The van der Waals surface area contributed by atoms with Crippen molar-refractivity contribution in [1.29, 1.82) is 0 Å². The molecule has 0 aliphatic rings. The van der Waals surface area contributed by atoms with E-state index in [0.717, 1.165) is 33.9 Å². The lowest BCUT2D eigenvalue weighted by atomic mass is 10.2. The van der Waals surface area contributed by atoms with Crippen molar-refractivity contribution in [3.63, 3.8) is 0 Å². The van der Waals surface area contributed by atoms with E-state index >= 15 is 0 Å². The number of rotatable bonds is 3. The summed E-state index contributed by atoms with van der Waals surface area (Å²) in [5.74, 6) is 0.860. The average Bonchev–Trinajstić information content (AvgIpc) is 2.60. The number of nitrogens with zero attached hydrogens (tertiary/aromatic N) is 3. The summed E-state index contributed by atoms with van der Waals surface area (Å²) < 4.78 is 2.91. The Morgan fingerprint density at radius 2 is 1.94 bits per heavy atom. The van der Waals surface area contributed by atoms with E-state index in [-0.39, 0.29) is 0 Å². The van der Waals surface area contributed by atoms with Gasteiger partial charge in [-0.25, -0.2) is 9.67 Å². The molecule has 0 aliphatic carbocycles. The van der Waals surface area contributed by atoms with E-state index in [4.69, 9.17) is 0 Å². The number of halogens is 1. The Kier molecular flexibility index (Phi) is 3.82. The number of hydrogen-bond donors (Lipinski definition) is 1. The minimum atomic E-state index is 0.833. The third kappa shape index (κ3) is 2.33. The van der Waals surface area contributed by atoms with Crippen LogP contribution in [0.4, 0.5) is 0 Å². The summed E-state index contributed by atoms with van der Waals surface area (Å²) in [6, 6.07) is 4.10. The molecule has 18 heavy (non-hydrogen) atoms. The molecule has 0 aromatic carbocycles. The fraction of sp³-hybridized carbons (Fsp3) is 0.385. The maximum atomic E-state index is 4.62. The second kappa shape index (κ2) is 5.20. The van der Waals surface area contributed by atoms with Gasteiger partial charge in [0.05, 0.1) is 15.9 Å². The Bertz CT molecular complexity index is 575. The second-order valence-electron chi connectivity index (χ2n) is 4.34. The van der Waals surface area contributed by atoms with Crippen LogP contribution in [0.15, 0.2) is 16.6 Å². The van der Waals surface area contributed by atoms with E-state index < -0.39 is 0 Å². The Labute approximate surface area is 116 Å². The molecule has 0 unspecified atom stereocenters. The standard InChI is InChI=1S/C13H17BrN4/c1-8-11(7-15-4)5-6-12(16-8)18-10(3)13(14)9(2)17-18/h5-6,15H,7H2,1-4H3. The van der Waals surface area contributed by atoms with Gasteiger partial charge in [-0.15, -0.1) is 0 Å². The Morgan fingerprint density at radius 3 is 2.44 bits per heavy atom. The molecule has 2 heterocycles. The van der Waals surface area contributed by atoms with E-state index in [1.807, 2.05) is 38.6 Å². The zero-order valence-electron chi connectivity index (χ0n) is 11.1. The predicted molar refractivity (Wildman–Crippen MR) is 76.0 cm³/mol. The summed E-state index contributed by atoms with van der Waals surface area (Å²) in [5, 5.41) is 7.63. The van der Waals surface area contributed by atoms with E-state index in [2.05, 4.69) is 37.4 Å². The van der Waals surface area contributed by atoms with E-state index in [9.17, 15) is 0 Å². The number of pyridine rings is 1. The first kappa shape index (κ1) is 13.2. The Balaban J connectivity index is 2.45. The third-order valence-corrected chi connectivity index (χ3v) is 4.12. The molecule has 0 spiro atoms. The molecule has 2 rings (SSSR count). The van der Waals surface area contributed by atoms with Gasteiger partial charge in [0.25, 0.3) is 0 Å². The van der Waals surface area contributed by atoms with Crippen LogP contribution in [-0.2, 0) is 6.54 Å². The third-order valence-electron chi connectivity index (χ3n) is 2.97. The molecule has 0 atom stereocenters. The molecule has 5 heteroatoms. The summed E-state index contributed by atoms with van der Waals surface area (Å²) in [5.41, 5.74) is 4.29. The van der Waals surface area contributed by atoms with Gasteiger partial charge in [0.1, 0.15) is 0 Å². The van der Waals surface area contributed by atoms with Crippen molar-refractivity contribution < 1.29 is 0 Å². The highest BCUT2D eigenvalue weighted by Crippen LogP contribution is 2.22. The van der Waals surface area contributed by atoms with Gasteiger partial charge < -0.3 is 5.32 Å². The van der Waals surface area contributed by atoms with Crippen LogP contribution in [0.3, 0.4) is 0 Å². The number of hydrogen-bond acceptors (Lipinski definition) is 3. The molecule has 4 nitrogen and oxygen atoms in total. The van der Waals surface area contributed by atoms with Crippen molar-refractivity contribution in [3.05, 3.63) is 39.3 Å². The van der Waals surface area contributed by atoms with Crippen LogP contribution in [-0.4, -0.2) is 21.8 Å². The fourth-order valence-electron chi connectivity index (χ4n) is 1.92. The molecule has 0 radical (unpaired) electrons. The minimum Gasteiger partial charge on any atom is -0.316 e. The molecule has 0 saturated heterocycles. The van der Waals surface area contributed by atoms with E-state index in [1.54, 1.807) is 0 Å². The van der Waals surface area contributed by atoms with Gasteiger partial charge in [0.15, 0.2) is 5.82 Å². The summed E-state index contributed by atoms with van der Waals surface area (Å²) in [6.45, 7) is 6.87. The van der Waals surface area contributed by atoms with Crippen LogP contribution in [0.25, 0.3) is 5.82 Å². The van der Waals surface area contributed by atoms with Crippen molar-refractivity contribution in [2.45, 2.75) is 27.3 Å². The summed E-state index contributed by atoms with van der Waals surface area (Å²) in [6.07, 6.45) is 0. The molecule has 1 N–H and O–H groups in total. The Hall–Kier alpha value is -1.20. The SMILES string of the molecule is CNCc1ccc(-n2nc(C)c(Br)c2C)nc1C. The monoisotopic (exact) mass is 308 g/mol. The highest BCUT2D eigenvalue weighted by Gasteiger charge is 2.11. The van der Waals surface area contributed by atoms with Gasteiger partial charge in [-0.3, -0.25) is 0 Å². The smallest absolute Gasteiger partial charge is 0.153 e. The van der Waals surface area contributed by atoms with Crippen molar-refractivity contribution in [3.8, 4) is 5.82 Å². The first-order valence-corrected chi connectivity index (χ1v) is 6.67. The molecule has 0 amide bonds. The molecule has 0 aliphatic heterocycles. The molecule has 0 saturated carbocycles. The van der Waals surface area contributed by atoms with E-state index in [0.29, 0.717) is 0 Å². The highest BCUT2D eigenvalue weighted by molar-refractivity contribution is 9.10. The minimum absolute atomic E-state index is 0.833. The normalized spacial score (nSPS) is 10.9. The van der Waals surface area contributed by atoms with E-state index in [1.165, 1.54) is 5.56 Å². The first-order valence-electron chi connectivity index (χ1n) is 5.87. The molecular formula is C13H17BrN4. The van der Waals surface area contributed by atoms with Crippen LogP contribution in [0.1, 0.15) is 22.6 Å². The zero-order valence-corrected chi connectivity index (χ0v) is 12.7. The first-order chi connectivity index (χ1) is 8.54. The Morgan fingerprint density at radius 1 is 1.22 bits per heavy atom. The molecule has 2 aromatic rings. The average molecular weight is 309 g/mol. The molecule has 0 fully saturated rings. The molecule has 2 aromatic heterocycles. The van der Waals surface area contributed by atoms with Crippen LogP contribution in [0, 0.1) is 20.8 Å². The topological polar surface area (TPSA) is 42.7 Å². The van der Waals surface area contributed by atoms with Crippen LogP contribution in [0.5, 0.6) is 0 Å². The highest BCUT2D eigenvalue weighted by atomic mass is 79.9. The van der Waals surface area contributed by atoms with Gasteiger partial charge >= 0.3 is 0 Å². The fourth-order valence-corrected chi connectivity index (χ4v) is 2.17. The summed E-state index contributed by atoms with van der Waals surface area (Å²) in [7, 11) is 1.94. The number of nitrogens with one attached hydrogen (secondary N) is 1. The lowest BCUT2D eigenvalue weighted by molar-refractivity contribution is 0.777. The largest absolute Gasteiger partial charge is 0.316 e. The molecular weight excluding hydrogens is 292 g/mol. The second-order valence-corrected chi connectivity index (χ2v) is 5.13. The summed E-state index contributed by atoms with van der Waals surface area (Å²) in [4.78, 5) is 4.62. The lowest BCUT2D eigenvalue weighted by Gasteiger charge is -2.08. The van der Waals surface area contributed by atoms with Crippen molar-refractivity contribution in [2.24, 2.45) is 0 Å². The van der Waals surface area contributed by atoms with Gasteiger partial charge in [-0.1, -0.05) is 6.07 Å². The summed E-state index contributed by atoms with van der Waals surface area (Å²) >= 11 is 3.53. The van der Waals surface area contributed by atoms with Crippen LogP contribution < -0.4 is 5.32 Å². The van der Waals surface area contributed by atoms with Crippen molar-refractivity contribution in [1.82, 2.24) is 20.1 Å². The van der Waals surface area contributed by atoms with Crippen molar-refractivity contribution >= 4 is 15.9 Å². The van der Waals surface area contributed by atoms with Gasteiger partial charge in [0.2, 0.25) is 0 Å². The van der Waals surface area contributed by atoms with Gasteiger partial charge in [-0.05, 0) is 55.4 Å². The quantitative estimate of drug-likeness (QED) is 0.948. The maximum absolute atomic E-state index is 4.62. The van der Waals surface area contributed by atoms with Crippen molar-refractivity contribution in [2.75, 3.05) is 7.05 Å². The van der Waals surface area contributed by atoms with Crippen LogP contribution >= 0.6 is 15.9 Å². The maximum Gasteiger partial charge on any atom is 0.153 e.